The van der Waals surface area contributed by atoms with Crippen LogP contribution in [0.15, 0.2) is 60.7 Å². The number of hydrogen-bond acceptors (Lipinski definition) is 7. The number of nitrogens with zero attached hydrogens (tertiary/aromatic N) is 5. The van der Waals surface area contributed by atoms with Crippen LogP contribution in [-0.4, -0.2) is 37.5 Å². The molecular formula is C30H34N8. The Labute approximate surface area is 223 Å². The molecule has 1 atom stereocenters. The minimum atomic E-state index is 0.278. The molecule has 4 aromatic rings. The van der Waals surface area contributed by atoms with Gasteiger partial charge >= 0.3 is 0 Å². The van der Waals surface area contributed by atoms with Gasteiger partial charge in [0.1, 0.15) is 0 Å². The molecule has 2 heterocycles. The van der Waals surface area contributed by atoms with Crippen molar-refractivity contribution in [3.63, 3.8) is 0 Å². The number of nitrogens with one attached hydrogen (secondary N) is 2. The van der Waals surface area contributed by atoms with Crippen molar-refractivity contribution in [2.24, 2.45) is 0 Å². The normalized spacial score (nSPS) is 16.8. The molecule has 0 saturated heterocycles. The fourth-order valence-electron chi connectivity index (χ4n) is 5.59. The highest BCUT2D eigenvalue weighted by atomic mass is 15.4. The van der Waals surface area contributed by atoms with E-state index in [1.165, 1.54) is 16.7 Å². The first-order valence-electron chi connectivity index (χ1n) is 13.6. The molecule has 0 fully saturated rings. The zero-order valence-electron chi connectivity index (χ0n) is 21.8. The Balaban J connectivity index is 1.19. The Bertz CT molecular complexity index is 1470. The Hall–Kier alpha value is -4.04. The third-order valence-electron chi connectivity index (χ3n) is 7.62. The van der Waals surface area contributed by atoms with Gasteiger partial charge in [-0.2, -0.15) is 9.67 Å². The molecular weight excluding hydrogens is 472 g/mol. The van der Waals surface area contributed by atoms with Crippen molar-refractivity contribution < 1.29 is 0 Å². The molecule has 38 heavy (non-hydrogen) atoms. The van der Waals surface area contributed by atoms with Gasteiger partial charge in [-0.1, -0.05) is 42.5 Å². The standard InChI is InChI=1S/C30H34N8/c1-2-3-17-32-24-14-11-20-12-16-25(18-22(20)13-15-24)33-30-34-29(31)38(37-30)27-19-23-9-6-8-21-7-4-5-10-26(21)28(23)36-35-27/h2-5,7,10,12,16,18-19,24,32H,6,8-9,11,13-15,17H2,1H3,(H3,31,33,34,37)/b3-2+/t24-/m1/s1. The molecule has 6 rings (SSSR count). The molecule has 4 N–H and O–H groups in total. The highest BCUT2D eigenvalue weighted by molar-refractivity contribution is 5.68. The lowest BCUT2D eigenvalue weighted by Crippen LogP contribution is -2.29. The summed E-state index contributed by atoms with van der Waals surface area (Å²) in [5.74, 6) is 1.31. The fraction of sp³-hybridized carbons (Fsp3) is 0.333. The summed E-state index contributed by atoms with van der Waals surface area (Å²) in [5, 5.41) is 20.7. The number of nitrogens with two attached hydrogens (primary N) is 1. The van der Waals surface area contributed by atoms with Crippen molar-refractivity contribution in [2.75, 3.05) is 17.6 Å². The lowest BCUT2D eigenvalue weighted by atomic mass is 10.0. The van der Waals surface area contributed by atoms with Gasteiger partial charge in [0.25, 0.3) is 0 Å². The second-order valence-electron chi connectivity index (χ2n) is 10.2. The van der Waals surface area contributed by atoms with Gasteiger partial charge < -0.3 is 16.4 Å². The molecule has 8 heteroatoms. The number of benzene rings is 2. The van der Waals surface area contributed by atoms with E-state index in [1.807, 2.05) is 6.07 Å². The second kappa shape index (κ2) is 10.8. The van der Waals surface area contributed by atoms with Gasteiger partial charge in [0, 0.05) is 23.8 Å². The smallest absolute Gasteiger partial charge is 0.248 e. The molecule has 2 aliphatic rings. The molecule has 0 bridgehead atoms. The lowest BCUT2D eigenvalue weighted by molar-refractivity contribution is 0.485. The molecule has 194 valence electrons. The summed E-state index contributed by atoms with van der Waals surface area (Å²) < 4.78 is 1.57. The highest BCUT2D eigenvalue weighted by Crippen LogP contribution is 2.31. The van der Waals surface area contributed by atoms with Crippen molar-refractivity contribution in [1.82, 2.24) is 30.3 Å². The van der Waals surface area contributed by atoms with Crippen LogP contribution in [0.2, 0.25) is 0 Å². The Morgan fingerprint density at radius 2 is 1.79 bits per heavy atom. The molecule has 0 unspecified atom stereocenters. The zero-order valence-corrected chi connectivity index (χ0v) is 21.8. The van der Waals surface area contributed by atoms with Gasteiger partial charge in [-0.25, -0.2) is 0 Å². The molecule has 2 aliphatic carbocycles. The van der Waals surface area contributed by atoms with E-state index < -0.39 is 0 Å². The SMILES string of the molecule is C/C=C/CN[C@@H]1CCc2ccc(Nc3nc(N)n(-c4cc5c(nn4)-c4ccccc4CCC5)n3)cc2CC1. The number of anilines is 3. The molecule has 0 radical (unpaired) electrons. The summed E-state index contributed by atoms with van der Waals surface area (Å²) in [6, 6.07) is 17.6. The summed E-state index contributed by atoms with van der Waals surface area (Å²) >= 11 is 0. The first-order chi connectivity index (χ1) is 18.7. The number of aryl methyl sites for hydroxylation is 4. The van der Waals surface area contributed by atoms with Crippen LogP contribution in [0.5, 0.6) is 0 Å². The zero-order chi connectivity index (χ0) is 25.9. The fourth-order valence-corrected chi connectivity index (χ4v) is 5.59. The quantitative estimate of drug-likeness (QED) is 0.251. The average molecular weight is 507 g/mol. The number of allylic oxidation sites excluding steroid dienone is 1. The Kier molecular flexibility index (Phi) is 6.88. The van der Waals surface area contributed by atoms with E-state index in [-0.39, 0.29) is 5.95 Å². The van der Waals surface area contributed by atoms with Crippen LogP contribution in [0.25, 0.3) is 17.1 Å². The molecule has 2 aromatic carbocycles. The van der Waals surface area contributed by atoms with Gasteiger partial charge in [-0.15, -0.1) is 15.3 Å². The molecule has 0 spiro atoms. The van der Waals surface area contributed by atoms with Crippen molar-refractivity contribution in [1.29, 1.82) is 0 Å². The first kappa shape index (κ1) is 24.3. The summed E-state index contributed by atoms with van der Waals surface area (Å²) in [7, 11) is 0. The number of nitrogen functional groups attached to an aromatic ring is 1. The number of aromatic nitrogens is 5. The molecule has 0 saturated carbocycles. The van der Waals surface area contributed by atoms with Crippen molar-refractivity contribution >= 4 is 17.6 Å². The summed E-state index contributed by atoms with van der Waals surface area (Å²) in [4.78, 5) is 4.47. The van der Waals surface area contributed by atoms with E-state index in [9.17, 15) is 0 Å². The maximum Gasteiger partial charge on any atom is 0.248 e. The highest BCUT2D eigenvalue weighted by Gasteiger charge is 2.20. The van der Waals surface area contributed by atoms with Gasteiger partial charge in [-0.05, 0) is 92.3 Å². The van der Waals surface area contributed by atoms with Crippen LogP contribution in [-0.2, 0) is 25.7 Å². The van der Waals surface area contributed by atoms with Crippen LogP contribution in [0.1, 0.15) is 48.4 Å². The van der Waals surface area contributed by atoms with E-state index in [2.05, 4.69) is 92.5 Å². The summed E-state index contributed by atoms with van der Waals surface area (Å²) in [6.45, 7) is 2.99. The van der Waals surface area contributed by atoms with Crippen LogP contribution in [0, 0.1) is 0 Å². The van der Waals surface area contributed by atoms with Crippen LogP contribution >= 0.6 is 0 Å². The van der Waals surface area contributed by atoms with Gasteiger partial charge in [-0.3, -0.25) is 0 Å². The Morgan fingerprint density at radius 3 is 2.68 bits per heavy atom. The molecule has 0 aliphatic heterocycles. The Morgan fingerprint density at radius 1 is 0.947 bits per heavy atom. The van der Waals surface area contributed by atoms with Crippen LogP contribution < -0.4 is 16.4 Å². The van der Waals surface area contributed by atoms with E-state index in [4.69, 9.17) is 5.73 Å². The van der Waals surface area contributed by atoms with Crippen LogP contribution in [0.4, 0.5) is 17.6 Å². The van der Waals surface area contributed by atoms with E-state index in [0.717, 1.165) is 74.0 Å². The van der Waals surface area contributed by atoms with Crippen molar-refractivity contribution in [3.05, 3.63) is 82.9 Å². The maximum atomic E-state index is 6.28. The predicted octanol–water partition coefficient (Wildman–Crippen LogP) is 4.95. The largest absolute Gasteiger partial charge is 0.368 e. The second-order valence-corrected chi connectivity index (χ2v) is 10.2. The van der Waals surface area contributed by atoms with Gasteiger partial charge in [0.15, 0.2) is 5.82 Å². The third kappa shape index (κ3) is 5.04. The van der Waals surface area contributed by atoms with Crippen molar-refractivity contribution in [2.45, 2.75) is 57.9 Å². The van der Waals surface area contributed by atoms with E-state index >= 15 is 0 Å². The molecule has 8 nitrogen and oxygen atoms in total. The minimum Gasteiger partial charge on any atom is -0.368 e. The maximum absolute atomic E-state index is 6.28. The predicted molar refractivity (Wildman–Crippen MR) is 152 cm³/mol. The first-order valence-corrected chi connectivity index (χ1v) is 13.6. The summed E-state index contributed by atoms with van der Waals surface area (Å²) in [6.07, 6.45) is 11.7. The molecule has 0 amide bonds. The lowest BCUT2D eigenvalue weighted by Gasteiger charge is -2.14. The van der Waals surface area contributed by atoms with E-state index in [0.29, 0.717) is 17.8 Å². The van der Waals surface area contributed by atoms with Crippen LogP contribution in [0.3, 0.4) is 0 Å². The third-order valence-corrected chi connectivity index (χ3v) is 7.62. The number of hydrogen-bond donors (Lipinski definition) is 3. The summed E-state index contributed by atoms with van der Waals surface area (Å²) in [5.41, 5.74) is 14.6. The number of rotatable bonds is 6. The van der Waals surface area contributed by atoms with E-state index in [1.54, 1.807) is 4.68 Å². The molecule has 2 aromatic heterocycles. The topological polar surface area (TPSA) is 107 Å². The van der Waals surface area contributed by atoms with Gasteiger partial charge in [0.2, 0.25) is 11.9 Å². The van der Waals surface area contributed by atoms with Crippen molar-refractivity contribution in [3.8, 4) is 17.1 Å². The minimum absolute atomic E-state index is 0.278. The van der Waals surface area contributed by atoms with Gasteiger partial charge in [0.05, 0.1) is 5.69 Å². The average Bonchev–Trinajstić information content (AvgIpc) is 3.08. The number of fused-ring (bicyclic) bond motifs is 4. The monoisotopic (exact) mass is 506 g/mol.